The predicted octanol–water partition coefficient (Wildman–Crippen LogP) is 3.84. The van der Waals surface area contributed by atoms with Crippen LogP contribution in [0.4, 0.5) is 0 Å². The fourth-order valence-corrected chi connectivity index (χ4v) is 2.50. The molecule has 1 unspecified atom stereocenters. The highest BCUT2D eigenvalue weighted by atomic mass is 79.9. The van der Waals surface area contributed by atoms with E-state index in [-0.39, 0.29) is 23.9 Å². The smallest absolute Gasteiger partial charge is 0.0350 e. The number of fused-ring (bicyclic) bond motifs is 1. The van der Waals surface area contributed by atoms with Crippen molar-refractivity contribution in [3.63, 3.8) is 0 Å². The van der Waals surface area contributed by atoms with Gasteiger partial charge >= 0.3 is 0 Å². The number of rotatable bonds is 0. The van der Waals surface area contributed by atoms with Crippen molar-refractivity contribution >= 4 is 28.3 Å². The minimum Gasteiger partial charge on any atom is -0.323 e. The van der Waals surface area contributed by atoms with Gasteiger partial charge in [0.05, 0.1) is 0 Å². The minimum atomic E-state index is 0. The third-order valence-electron chi connectivity index (χ3n) is 3.32. The van der Waals surface area contributed by atoms with Gasteiger partial charge in [-0.05, 0) is 41.5 Å². The van der Waals surface area contributed by atoms with Crippen molar-refractivity contribution in [2.75, 3.05) is 0 Å². The largest absolute Gasteiger partial charge is 0.323 e. The van der Waals surface area contributed by atoms with Gasteiger partial charge in [-0.2, -0.15) is 0 Å². The summed E-state index contributed by atoms with van der Waals surface area (Å²) < 4.78 is 1.13. The van der Waals surface area contributed by atoms with E-state index in [9.17, 15) is 0 Å². The lowest BCUT2D eigenvalue weighted by Crippen LogP contribution is -2.34. The SMILES string of the molecule is CC1(C)CCc2ccc(Br)cc2C1N.Cl. The first kappa shape index (κ1) is 13.0. The number of aryl methyl sites for hydroxylation is 1. The van der Waals surface area contributed by atoms with Gasteiger partial charge in [0.15, 0.2) is 0 Å². The molecule has 0 aromatic heterocycles. The predicted molar refractivity (Wildman–Crippen MR) is 70.4 cm³/mol. The van der Waals surface area contributed by atoms with Crippen LogP contribution >= 0.6 is 28.3 Å². The monoisotopic (exact) mass is 289 g/mol. The molecular formula is C12H17BrClN. The van der Waals surface area contributed by atoms with Crippen molar-refractivity contribution in [1.29, 1.82) is 0 Å². The summed E-state index contributed by atoms with van der Waals surface area (Å²) in [6, 6.07) is 6.63. The lowest BCUT2D eigenvalue weighted by molar-refractivity contribution is 0.249. The number of hydrogen-bond acceptors (Lipinski definition) is 1. The van der Waals surface area contributed by atoms with Crippen molar-refractivity contribution in [2.24, 2.45) is 11.1 Å². The van der Waals surface area contributed by atoms with Crippen molar-refractivity contribution in [1.82, 2.24) is 0 Å². The Morgan fingerprint density at radius 3 is 2.73 bits per heavy atom. The van der Waals surface area contributed by atoms with E-state index in [1.54, 1.807) is 0 Å². The van der Waals surface area contributed by atoms with Crippen LogP contribution in [0.5, 0.6) is 0 Å². The molecule has 1 aromatic carbocycles. The van der Waals surface area contributed by atoms with E-state index in [1.807, 2.05) is 0 Å². The molecular weight excluding hydrogens is 273 g/mol. The number of halogens is 2. The zero-order valence-corrected chi connectivity index (χ0v) is 11.5. The van der Waals surface area contributed by atoms with E-state index in [2.05, 4.69) is 48.0 Å². The minimum absolute atomic E-state index is 0. The van der Waals surface area contributed by atoms with Gasteiger partial charge in [0.25, 0.3) is 0 Å². The van der Waals surface area contributed by atoms with Gasteiger partial charge in [-0.15, -0.1) is 12.4 Å². The molecule has 1 atom stereocenters. The van der Waals surface area contributed by atoms with Gasteiger partial charge in [-0.25, -0.2) is 0 Å². The Morgan fingerprint density at radius 2 is 2.07 bits per heavy atom. The lowest BCUT2D eigenvalue weighted by atomic mass is 9.71. The Kier molecular flexibility index (Phi) is 3.85. The highest BCUT2D eigenvalue weighted by molar-refractivity contribution is 9.10. The van der Waals surface area contributed by atoms with Gasteiger partial charge in [0.2, 0.25) is 0 Å². The molecule has 0 saturated heterocycles. The Labute approximate surface area is 106 Å². The maximum Gasteiger partial charge on any atom is 0.0350 e. The molecule has 1 aliphatic carbocycles. The second kappa shape index (κ2) is 4.44. The Bertz CT molecular complexity index is 363. The van der Waals surface area contributed by atoms with E-state index in [0.717, 1.165) is 10.9 Å². The van der Waals surface area contributed by atoms with Crippen molar-refractivity contribution in [3.8, 4) is 0 Å². The van der Waals surface area contributed by atoms with Crippen LogP contribution in [0.25, 0.3) is 0 Å². The molecule has 0 heterocycles. The molecule has 3 heteroatoms. The summed E-state index contributed by atoms with van der Waals surface area (Å²) in [7, 11) is 0. The first-order valence-corrected chi connectivity index (χ1v) is 5.84. The molecule has 0 saturated carbocycles. The van der Waals surface area contributed by atoms with Crippen LogP contribution in [0.3, 0.4) is 0 Å². The Morgan fingerprint density at radius 1 is 1.40 bits per heavy atom. The fraction of sp³-hybridized carbons (Fsp3) is 0.500. The van der Waals surface area contributed by atoms with Gasteiger partial charge < -0.3 is 5.73 Å². The van der Waals surface area contributed by atoms with Gasteiger partial charge in [-0.3, -0.25) is 0 Å². The molecule has 0 bridgehead atoms. The van der Waals surface area contributed by atoms with Crippen LogP contribution < -0.4 is 5.73 Å². The fourth-order valence-electron chi connectivity index (χ4n) is 2.12. The van der Waals surface area contributed by atoms with Crippen LogP contribution in [0, 0.1) is 5.41 Å². The molecule has 1 nitrogen and oxygen atoms in total. The topological polar surface area (TPSA) is 26.0 Å². The van der Waals surface area contributed by atoms with E-state index in [1.165, 1.54) is 17.5 Å². The maximum atomic E-state index is 6.27. The van der Waals surface area contributed by atoms with Gasteiger partial charge in [0, 0.05) is 10.5 Å². The average Bonchev–Trinajstić information content (AvgIpc) is 2.13. The van der Waals surface area contributed by atoms with E-state index in [0.29, 0.717) is 0 Å². The average molecular weight is 291 g/mol. The maximum absolute atomic E-state index is 6.27. The molecule has 0 amide bonds. The molecule has 0 fully saturated rings. The van der Waals surface area contributed by atoms with Crippen LogP contribution in [0.15, 0.2) is 22.7 Å². The number of benzene rings is 1. The highest BCUT2D eigenvalue weighted by Crippen LogP contribution is 2.42. The molecule has 84 valence electrons. The third-order valence-corrected chi connectivity index (χ3v) is 3.82. The lowest BCUT2D eigenvalue weighted by Gasteiger charge is -2.37. The van der Waals surface area contributed by atoms with Gasteiger partial charge in [-0.1, -0.05) is 35.8 Å². The van der Waals surface area contributed by atoms with Crippen LogP contribution in [0.1, 0.15) is 37.4 Å². The molecule has 0 spiro atoms. The summed E-state index contributed by atoms with van der Waals surface area (Å²) in [4.78, 5) is 0. The zero-order valence-electron chi connectivity index (χ0n) is 9.09. The summed E-state index contributed by atoms with van der Waals surface area (Å²) in [6.07, 6.45) is 2.34. The van der Waals surface area contributed by atoms with Crippen molar-refractivity contribution in [2.45, 2.75) is 32.7 Å². The third kappa shape index (κ3) is 2.38. The Hall–Kier alpha value is -0.0500. The molecule has 2 N–H and O–H groups in total. The van der Waals surface area contributed by atoms with Crippen molar-refractivity contribution < 1.29 is 0 Å². The van der Waals surface area contributed by atoms with Crippen LogP contribution in [-0.2, 0) is 6.42 Å². The summed E-state index contributed by atoms with van der Waals surface area (Å²) in [5.41, 5.74) is 9.23. The first-order valence-electron chi connectivity index (χ1n) is 5.04. The van der Waals surface area contributed by atoms with E-state index < -0.39 is 0 Å². The highest BCUT2D eigenvalue weighted by Gasteiger charge is 2.32. The van der Waals surface area contributed by atoms with Gasteiger partial charge in [0.1, 0.15) is 0 Å². The quantitative estimate of drug-likeness (QED) is 0.772. The first-order chi connectivity index (χ1) is 6.50. The summed E-state index contributed by atoms with van der Waals surface area (Å²) in [5, 5.41) is 0. The normalized spacial score (nSPS) is 22.8. The number of hydrogen-bond donors (Lipinski definition) is 1. The van der Waals surface area contributed by atoms with Crippen molar-refractivity contribution in [3.05, 3.63) is 33.8 Å². The van der Waals surface area contributed by atoms with Crippen LogP contribution in [0.2, 0.25) is 0 Å². The van der Waals surface area contributed by atoms with E-state index in [4.69, 9.17) is 5.73 Å². The second-order valence-electron chi connectivity index (χ2n) is 4.81. The standard InChI is InChI=1S/C12H16BrN.ClH/c1-12(2)6-5-8-3-4-9(13)7-10(8)11(12)14;/h3-4,7,11H,5-6,14H2,1-2H3;1H. The van der Waals surface area contributed by atoms with E-state index >= 15 is 0 Å². The van der Waals surface area contributed by atoms with Crippen LogP contribution in [-0.4, -0.2) is 0 Å². The molecule has 15 heavy (non-hydrogen) atoms. The molecule has 0 aliphatic heterocycles. The number of nitrogens with two attached hydrogens (primary N) is 1. The molecule has 1 aromatic rings. The summed E-state index contributed by atoms with van der Waals surface area (Å²) >= 11 is 3.50. The second-order valence-corrected chi connectivity index (χ2v) is 5.73. The summed E-state index contributed by atoms with van der Waals surface area (Å²) in [5.74, 6) is 0. The Balaban J connectivity index is 0.00000112. The summed E-state index contributed by atoms with van der Waals surface area (Å²) in [6.45, 7) is 4.50. The molecule has 2 rings (SSSR count). The molecule has 1 aliphatic rings. The zero-order chi connectivity index (χ0) is 10.3. The molecule has 0 radical (unpaired) electrons.